The predicted octanol–water partition coefficient (Wildman–Crippen LogP) is 5.36. The molecule has 0 saturated heterocycles. The zero-order chi connectivity index (χ0) is 21.7. The summed E-state index contributed by atoms with van der Waals surface area (Å²) in [5.41, 5.74) is 1.51. The standard InChI is InChI=1S/C25H36O4/c1-23(2,16-17-26)28-21-12-8-19(9-13-21)25(5,6)20-10-14-22(15-11-20)29-24(3,4)18-27-7/h8-15,26H,16-18H2,1-7H3. The highest BCUT2D eigenvalue weighted by Gasteiger charge is 2.25. The minimum atomic E-state index is -0.391. The fraction of sp³-hybridized carbons (Fsp3) is 0.520. The van der Waals surface area contributed by atoms with Crippen LogP contribution in [0.4, 0.5) is 0 Å². The molecule has 2 aromatic carbocycles. The van der Waals surface area contributed by atoms with Crippen molar-refractivity contribution in [1.29, 1.82) is 0 Å². The molecule has 0 aliphatic carbocycles. The Labute approximate surface area is 175 Å². The smallest absolute Gasteiger partial charge is 0.127 e. The summed E-state index contributed by atoms with van der Waals surface area (Å²) in [4.78, 5) is 0. The third kappa shape index (κ3) is 6.48. The first-order valence-corrected chi connectivity index (χ1v) is 10.2. The minimum absolute atomic E-state index is 0.112. The highest BCUT2D eigenvalue weighted by molar-refractivity contribution is 5.42. The van der Waals surface area contributed by atoms with Crippen LogP contribution in [0.25, 0.3) is 0 Å². The van der Waals surface area contributed by atoms with Crippen molar-refractivity contribution >= 4 is 0 Å². The molecule has 0 aliphatic heterocycles. The lowest BCUT2D eigenvalue weighted by Crippen LogP contribution is -2.33. The number of aliphatic hydroxyl groups is 1. The Hall–Kier alpha value is -2.04. The average molecular weight is 401 g/mol. The molecule has 0 amide bonds. The number of benzene rings is 2. The minimum Gasteiger partial charge on any atom is -0.488 e. The maximum Gasteiger partial charge on any atom is 0.127 e. The molecule has 0 atom stereocenters. The van der Waals surface area contributed by atoms with Crippen LogP contribution in [0.1, 0.15) is 59.1 Å². The monoisotopic (exact) mass is 400 g/mol. The van der Waals surface area contributed by atoms with Gasteiger partial charge in [0.15, 0.2) is 0 Å². The van der Waals surface area contributed by atoms with Crippen molar-refractivity contribution in [1.82, 2.24) is 0 Å². The van der Waals surface area contributed by atoms with E-state index in [1.54, 1.807) is 7.11 Å². The maximum absolute atomic E-state index is 9.17. The molecule has 2 aromatic rings. The highest BCUT2D eigenvalue weighted by atomic mass is 16.5. The molecule has 0 saturated carbocycles. The molecule has 160 valence electrons. The molecule has 4 heteroatoms. The van der Waals surface area contributed by atoms with Crippen LogP contribution < -0.4 is 9.47 Å². The summed E-state index contributed by atoms with van der Waals surface area (Å²) >= 11 is 0. The van der Waals surface area contributed by atoms with E-state index in [2.05, 4.69) is 38.1 Å². The van der Waals surface area contributed by atoms with Gasteiger partial charge in [-0.3, -0.25) is 0 Å². The molecule has 0 aromatic heterocycles. The number of methoxy groups -OCH3 is 1. The topological polar surface area (TPSA) is 47.9 Å². The van der Waals surface area contributed by atoms with Gasteiger partial charge in [0.25, 0.3) is 0 Å². The first-order chi connectivity index (χ1) is 13.5. The summed E-state index contributed by atoms with van der Waals surface area (Å²) in [5.74, 6) is 1.65. The van der Waals surface area contributed by atoms with Crippen molar-refractivity contribution in [2.75, 3.05) is 20.3 Å². The average Bonchev–Trinajstić information content (AvgIpc) is 2.61. The first-order valence-electron chi connectivity index (χ1n) is 10.2. The Morgan fingerprint density at radius 2 is 1.10 bits per heavy atom. The van der Waals surface area contributed by atoms with Gasteiger partial charge in [-0.2, -0.15) is 0 Å². The SMILES string of the molecule is COCC(C)(C)Oc1ccc(C(C)(C)c2ccc(OC(C)(C)CCO)cc2)cc1. The third-order valence-electron chi connectivity index (χ3n) is 5.15. The zero-order valence-electron chi connectivity index (χ0n) is 18.9. The Morgan fingerprint density at radius 3 is 1.48 bits per heavy atom. The molecule has 4 nitrogen and oxygen atoms in total. The van der Waals surface area contributed by atoms with Gasteiger partial charge in [0.1, 0.15) is 22.7 Å². The van der Waals surface area contributed by atoms with Crippen molar-refractivity contribution in [3.8, 4) is 11.5 Å². The molecule has 0 heterocycles. The van der Waals surface area contributed by atoms with E-state index in [9.17, 15) is 5.11 Å². The van der Waals surface area contributed by atoms with E-state index in [1.807, 2.05) is 52.0 Å². The van der Waals surface area contributed by atoms with E-state index < -0.39 is 5.60 Å². The van der Waals surface area contributed by atoms with Gasteiger partial charge in [0.05, 0.1) is 6.61 Å². The van der Waals surface area contributed by atoms with Crippen molar-refractivity contribution < 1.29 is 19.3 Å². The zero-order valence-corrected chi connectivity index (χ0v) is 18.9. The van der Waals surface area contributed by atoms with Gasteiger partial charge in [0, 0.05) is 25.6 Å². The summed E-state index contributed by atoms with van der Waals surface area (Å²) in [7, 11) is 1.68. The summed E-state index contributed by atoms with van der Waals surface area (Å²) in [6.45, 7) is 13.1. The van der Waals surface area contributed by atoms with E-state index in [0.717, 1.165) is 11.5 Å². The van der Waals surface area contributed by atoms with Crippen LogP contribution in [0.5, 0.6) is 11.5 Å². The van der Waals surface area contributed by atoms with Crippen LogP contribution >= 0.6 is 0 Å². The molecular formula is C25H36O4. The van der Waals surface area contributed by atoms with Crippen LogP contribution in [0, 0.1) is 0 Å². The number of hydrogen-bond acceptors (Lipinski definition) is 4. The Morgan fingerprint density at radius 1 is 0.690 bits per heavy atom. The van der Waals surface area contributed by atoms with Crippen LogP contribution in [0.3, 0.4) is 0 Å². The molecule has 1 N–H and O–H groups in total. The molecule has 0 fully saturated rings. The van der Waals surface area contributed by atoms with Gasteiger partial charge in [-0.05, 0) is 63.1 Å². The highest BCUT2D eigenvalue weighted by Crippen LogP contribution is 2.34. The second kappa shape index (κ2) is 9.19. The van der Waals surface area contributed by atoms with E-state index in [4.69, 9.17) is 14.2 Å². The largest absolute Gasteiger partial charge is 0.488 e. The van der Waals surface area contributed by atoms with Gasteiger partial charge in [0.2, 0.25) is 0 Å². The summed E-state index contributed by atoms with van der Waals surface area (Å²) < 4.78 is 17.3. The van der Waals surface area contributed by atoms with Gasteiger partial charge in [-0.15, -0.1) is 0 Å². The van der Waals surface area contributed by atoms with E-state index >= 15 is 0 Å². The van der Waals surface area contributed by atoms with Crippen molar-refractivity contribution in [2.45, 2.75) is 64.6 Å². The lowest BCUT2D eigenvalue weighted by atomic mass is 9.78. The number of aliphatic hydroxyl groups excluding tert-OH is 1. The predicted molar refractivity (Wildman–Crippen MR) is 118 cm³/mol. The number of hydrogen-bond donors (Lipinski definition) is 1. The van der Waals surface area contributed by atoms with E-state index in [-0.39, 0.29) is 17.6 Å². The Kier molecular flexibility index (Phi) is 7.36. The van der Waals surface area contributed by atoms with Gasteiger partial charge >= 0.3 is 0 Å². The molecule has 0 spiro atoms. The fourth-order valence-electron chi connectivity index (χ4n) is 3.38. The lowest BCUT2D eigenvalue weighted by Gasteiger charge is -2.29. The number of ether oxygens (including phenoxy) is 3. The van der Waals surface area contributed by atoms with Crippen molar-refractivity contribution in [3.63, 3.8) is 0 Å². The molecule has 0 bridgehead atoms. The fourth-order valence-corrected chi connectivity index (χ4v) is 3.38. The van der Waals surface area contributed by atoms with Crippen LogP contribution in [-0.4, -0.2) is 36.6 Å². The summed E-state index contributed by atoms with van der Waals surface area (Å²) in [6.07, 6.45) is 0.593. The van der Waals surface area contributed by atoms with Crippen LogP contribution in [-0.2, 0) is 10.2 Å². The molecule has 0 unspecified atom stereocenters. The second-order valence-electron chi connectivity index (χ2n) is 9.30. The maximum atomic E-state index is 9.17. The van der Waals surface area contributed by atoms with Gasteiger partial charge < -0.3 is 19.3 Å². The summed E-state index contributed by atoms with van der Waals surface area (Å²) in [5, 5.41) is 9.17. The normalized spacial score (nSPS) is 12.7. The van der Waals surface area contributed by atoms with Crippen molar-refractivity contribution in [2.24, 2.45) is 0 Å². The summed E-state index contributed by atoms with van der Waals surface area (Å²) in [6, 6.07) is 16.5. The Bertz CT molecular complexity index is 693. The molecular weight excluding hydrogens is 364 g/mol. The van der Waals surface area contributed by atoms with E-state index in [0.29, 0.717) is 13.0 Å². The first kappa shape index (κ1) is 23.2. The number of rotatable bonds is 10. The third-order valence-corrected chi connectivity index (χ3v) is 5.15. The quantitative estimate of drug-likeness (QED) is 0.583. The molecule has 0 radical (unpaired) electrons. The second-order valence-corrected chi connectivity index (χ2v) is 9.30. The van der Waals surface area contributed by atoms with Gasteiger partial charge in [-0.25, -0.2) is 0 Å². The van der Waals surface area contributed by atoms with Crippen LogP contribution in [0.15, 0.2) is 48.5 Å². The van der Waals surface area contributed by atoms with Gasteiger partial charge in [-0.1, -0.05) is 38.1 Å². The van der Waals surface area contributed by atoms with Crippen LogP contribution in [0.2, 0.25) is 0 Å². The van der Waals surface area contributed by atoms with Crippen molar-refractivity contribution in [3.05, 3.63) is 59.7 Å². The molecule has 0 aliphatic rings. The van der Waals surface area contributed by atoms with E-state index in [1.165, 1.54) is 11.1 Å². The molecule has 29 heavy (non-hydrogen) atoms. The lowest BCUT2D eigenvalue weighted by molar-refractivity contribution is 0.0180. The molecule has 2 rings (SSSR count). The Balaban J connectivity index is 2.13.